The van der Waals surface area contributed by atoms with E-state index in [4.69, 9.17) is 58.0 Å². The van der Waals surface area contributed by atoms with E-state index in [0.717, 1.165) is 12.2 Å². The van der Waals surface area contributed by atoms with Crippen molar-refractivity contribution in [2.75, 3.05) is 5.75 Å². The van der Waals surface area contributed by atoms with Crippen molar-refractivity contribution in [3.63, 3.8) is 0 Å². The number of rotatable bonds is 3. The van der Waals surface area contributed by atoms with Gasteiger partial charge in [0.1, 0.15) is 0 Å². The Balaban J connectivity index is 3.26. The molecule has 0 saturated heterocycles. The molecule has 0 N–H and O–H groups in total. The normalized spacial score (nSPS) is 10.8. The van der Waals surface area contributed by atoms with E-state index in [-0.39, 0.29) is 15.1 Å². The van der Waals surface area contributed by atoms with Gasteiger partial charge in [-0.05, 0) is 12.2 Å². The van der Waals surface area contributed by atoms with Crippen molar-refractivity contribution < 1.29 is 0 Å². The van der Waals surface area contributed by atoms with Crippen molar-refractivity contribution in [2.45, 2.75) is 18.2 Å². The summed E-state index contributed by atoms with van der Waals surface area (Å²) < 4.78 is 0. The molecule has 6 heteroatoms. The maximum atomic E-state index is 6.03. The minimum absolute atomic E-state index is 0.203. The first-order valence-corrected chi connectivity index (χ1v) is 7.02. The highest BCUT2D eigenvalue weighted by molar-refractivity contribution is 7.99. The van der Waals surface area contributed by atoms with Crippen LogP contribution in [0, 0.1) is 0 Å². The van der Waals surface area contributed by atoms with Crippen LogP contribution in [0.2, 0.25) is 25.1 Å². The van der Waals surface area contributed by atoms with E-state index < -0.39 is 0 Å². The van der Waals surface area contributed by atoms with E-state index in [9.17, 15) is 0 Å². The molecule has 0 aromatic heterocycles. The molecule has 0 fully saturated rings. The molecule has 15 heavy (non-hydrogen) atoms. The van der Waals surface area contributed by atoms with Gasteiger partial charge < -0.3 is 0 Å². The first kappa shape index (κ1) is 14.1. The molecule has 1 aromatic carbocycles. The summed E-state index contributed by atoms with van der Waals surface area (Å²) in [5.74, 6) is 0.897. The number of halogens is 5. The fourth-order valence-electron chi connectivity index (χ4n) is 0.916. The van der Waals surface area contributed by atoms with Gasteiger partial charge in [-0.2, -0.15) is 0 Å². The van der Waals surface area contributed by atoms with Crippen LogP contribution in [0.1, 0.15) is 13.3 Å². The number of hydrogen-bond acceptors (Lipinski definition) is 1. The molecule has 0 spiro atoms. The van der Waals surface area contributed by atoms with Crippen molar-refractivity contribution in [3.05, 3.63) is 25.1 Å². The van der Waals surface area contributed by atoms with Gasteiger partial charge in [-0.3, -0.25) is 0 Å². The Bertz CT molecular complexity index is 348. The molecule has 0 atom stereocenters. The number of benzene rings is 1. The number of hydrogen-bond donors (Lipinski definition) is 0. The lowest BCUT2D eigenvalue weighted by atomic mass is 10.3. The Morgan fingerprint density at radius 3 is 1.60 bits per heavy atom. The van der Waals surface area contributed by atoms with Gasteiger partial charge in [0.05, 0.1) is 25.1 Å². The van der Waals surface area contributed by atoms with Gasteiger partial charge in [-0.25, -0.2) is 0 Å². The summed E-state index contributed by atoms with van der Waals surface area (Å²) in [5, 5.41) is 1.45. The summed E-state index contributed by atoms with van der Waals surface area (Å²) in [5.41, 5.74) is 0. The molecule has 0 radical (unpaired) electrons. The molecular formula is C9H7Cl5S. The second-order valence-corrected chi connectivity index (χ2v) is 5.74. The third-order valence-electron chi connectivity index (χ3n) is 1.62. The molecule has 84 valence electrons. The van der Waals surface area contributed by atoms with Crippen LogP contribution in [0.4, 0.5) is 0 Å². The first-order valence-electron chi connectivity index (χ1n) is 4.14. The third kappa shape index (κ3) is 3.02. The molecule has 1 aromatic rings. The fourth-order valence-corrected chi connectivity index (χ4v) is 3.36. The van der Waals surface area contributed by atoms with E-state index in [1.165, 1.54) is 11.8 Å². The second kappa shape index (κ2) is 6.09. The minimum Gasteiger partial charge on any atom is -0.123 e. The molecule has 0 aliphatic rings. The van der Waals surface area contributed by atoms with Crippen LogP contribution in [0.3, 0.4) is 0 Å². The van der Waals surface area contributed by atoms with Crippen molar-refractivity contribution in [1.29, 1.82) is 0 Å². The first-order chi connectivity index (χ1) is 7.00. The van der Waals surface area contributed by atoms with Crippen molar-refractivity contribution in [1.82, 2.24) is 0 Å². The highest BCUT2D eigenvalue weighted by Crippen LogP contribution is 2.47. The lowest BCUT2D eigenvalue weighted by Crippen LogP contribution is -1.85. The summed E-state index contributed by atoms with van der Waals surface area (Å²) >= 11 is 31.3. The topological polar surface area (TPSA) is 0 Å². The highest BCUT2D eigenvalue weighted by Gasteiger charge is 2.18. The van der Waals surface area contributed by atoms with Crippen LogP contribution >= 0.6 is 69.8 Å². The van der Waals surface area contributed by atoms with Crippen LogP contribution < -0.4 is 0 Å². The van der Waals surface area contributed by atoms with Gasteiger partial charge in [-0.15, -0.1) is 11.8 Å². The van der Waals surface area contributed by atoms with Gasteiger partial charge >= 0.3 is 0 Å². The smallest absolute Gasteiger partial charge is 0.0809 e. The van der Waals surface area contributed by atoms with Crippen LogP contribution in [-0.2, 0) is 0 Å². The maximum Gasteiger partial charge on any atom is 0.0809 e. The second-order valence-electron chi connectivity index (χ2n) is 2.75. The predicted molar refractivity (Wildman–Crippen MR) is 72.5 cm³/mol. The Morgan fingerprint density at radius 1 is 0.800 bits per heavy atom. The van der Waals surface area contributed by atoms with Crippen molar-refractivity contribution in [2.24, 2.45) is 0 Å². The number of thioether (sulfide) groups is 1. The highest BCUT2D eigenvalue weighted by atomic mass is 35.5. The largest absolute Gasteiger partial charge is 0.123 e. The van der Waals surface area contributed by atoms with Gasteiger partial charge in [0.25, 0.3) is 0 Å². The summed E-state index contributed by atoms with van der Waals surface area (Å²) in [6.45, 7) is 2.06. The molecule has 0 aliphatic carbocycles. The SMILES string of the molecule is CCCSc1c(Cl)c(Cl)c(Cl)c(Cl)c1Cl. The van der Waals surface area contributed by atoms with Gasteiger partial charge in [0.2, 0.25) is 0 Å². The molecule has 0 amide bonds. The molecule has 0 unspecified atom stereocenters. The molecule has 0 saturated carbocycles. The van der Waals surface area contributed by atoms with E-state index in [0.29, 0.717) is 14.9 Å². The van der Waals surface area contributed by atoms with Crippen LogP contribution in [-0.4, -0.2) is 5.75 Å². The third-order valence-corrected chi connectivity index (χ3v) is 5.43. The standard InChI is InChI=1S/C9H7Cl5S/c1-2-3-15-9-7(13)5(11)4(10)6(12)8(9)14/h2-3H2,1H3. The van der Waals surface area contributed by atoms with Crippen molar-refractivity contribution in [3.8, 4) is 0 Å². The van der Waals surface area contributed by atoms with Crippen LogP contribution in [0.5, 0.6) is 0 Å². The fraction of sp³-hybridized carbons (Fsp3) is 0.333. The summed E-state index contributed by atoms with van der Waals surface area (Å²) in [6.07, 6.45) is 1.01. The molecule has 0 nitrogen and oxygen atoms in total. The van der Waals surface area contributed by atoms with Gasteiger partial charge in [0, 0.05) is 4.90 Å². The van der Waals surface area contributed by atoms with Crippen LogP contribution in [0.15, 0.2) is 4.90 Å². The van der Waals surface area contributed by atoms with E-state index in [1.807, 2.05) is 0 Å². The van der Waals surface area contributed by atoms with E-state index in [1.54, 1.807) is 0 Å². The Hall–Kier alpha value is 1.02. The Labute approximate surface area is 118 Å². The maximum absolute atomic E-state index is 6.03. The average molecular weight is 324 g/mol. The Kier molecular flexibility index (Phi) is 5.72. The quantitative estimate of drug-likeness (QED) is 0.349. The summed E-state index contributed by atoms with van der Waals surface area (Å²) in [7, 11) is 0. The molecule has 1 rings (SSSR count). The summed E-state index contributed by atoms with van der Waals surface area (Å²) in [6, 6.07) is 0. The van der Waals surface area contributed by atoms with E-state index >= 15 is 0 Å². The molecule has 0 aliphatic heterocycles. The van der Waals surface area contributed by atoms with E-state index in [2.05, 4.69) is 6.92 Å². The zero-order valence-electron chi connectivity index (χ0n) is 7.71. The lowest BCUT2D eigenvalue weighted by molar-refractivity contribution is 1.10. The minimum atomic E-state index is 0.203. The molecule has 0 heterocycles. The molecule has 0 bridgehead atoms. The lowest BCUT2D eigenvalue weighted by Gasteiger charge is -2.11. The van der Waals surface area contributed by atoms with Crippen molar-refractivity contribution >= 4 is 69.8 Å². The van der Waals surface area contributed by atoms with Crippen LogP contribution in [0.25, 0.3) is 0 Å². The van der Waals surface area contributed by atoms with Gasteiger partial charge in [-0.1, -0.05) is 64.9 Å². The van der Waals surface area contributed by atoms with Gasteiger partial charge in [0.15, 0.2) is 0 Å². The molecular weight excluding hydrogens is 317 g/mol. The Morgan fingerprint density at radius 2 is 1.20 bits per heavy atom. The zero-order valence-corrected chi connectivity index (χ0v) is 12.3. The monoisotopic (exact) mass is 322 g/mol. The average Bonchev–Trinajstić information content (AvgIpc) is 2.24. The predicted octanol–water partition coefficient (Wildman–Crippen LogP) is 6.46. The summed E-state index contributed by atoms with van der Waals surface area (Å²) in [4.78, 5) is 0.694. The zero-order chi connectivity index (χ0) is 11.6.